The van der Waals surface area contributed by atoms with Gasteiger partial charge in [0.15, 0.2) is 0 Å². The van der Waals surface area contributed by atoms with Crippen LogP contribution in [0.5, 0.6) is 0 Å². The first-order chi connectivity index (χ1) is 14.0. The van der Waals surface area contributed by atoms with Gasteiger partial charge in [-0.1, -0.05) is 54.4 Å². The monoisotopic (exact) mass is 435 g/mol. The van der Waals surface area contributed by atoms with Gasteiger partial charge in [0.1, 0.15) is 18.8 Å². The Balaban J connectivity index is 2.10. The Bertz CT molecular complexity index is 871. The molecule has 0 aliphatic carbocycles. The lowest BCUT2D eigenvalue weighted by molar-refractivity contribution is -0.173. The smallest absolute Gasteiger partial charge is 0.328 e. The third kappa shape index (κ3) is 4.74. The second-order valence-electron chi connectivity index (χ2n) is 6.76. The van der Waals surface area contributed by atoms with Gasteiger partial charge in [0, 0.05) is 10.0 Å². The number of nitrogens with zero attached hydrogens (tertiary/aromatic N) is 1. The van der Waals surface area contributed by atoms with E-state index in [1.807, 2.05) is 37.3 Å². The van der Waals surface area contributed by atoms with E-state index in [9.17, 15) is 9.59 Å². The number of carbonyl (C=O) groups is 2. The fourth-order valence-electron chi connectivity index (χ4n) is 3.67. The normalized spacial score (nSPS) is 20.4. The van der Waals surface area contributed by atoms with Crippen LogP contribution in [-0.4, -0.2) is 36.0 Å². The average Bonchev–Trinajstić information content (AvgIpc) is 2.70. The van der Waals surface area contributed by atoms with Crippen LogP contribution in [0.1, 0.15) is 43.5 Å². The highest BCUT2D eigenvalue weighted by Crippen LogP contribution is 2.42. The zero-order valence-corrected chi connectivity index (χ0v) is 17.8. The van der Waals surface area contributed by atoms with E-state index >= 15 is 0 Å². The van der Waals surface area contributed by atoms with E-state index in [-0.39, 0.29) is 19.1 Å². The van der Waals surface area contributed by atoms with Crippen molar-refractivity contribution >= 4 is 35.1 Å². The lowest BCUT2D eigenvalue weighted by atomic mass is 9.91. The molecule has 0 N–H and O–H groups in total. The number of morpholine rings is 1. The highest BCUT2D eigenvalue weighted by Gasteiger charge is 2.44. The molecule has 1 aliphatic heterocycles. The molecule has 0 aromatic heterocycles. The summed E-state index contributed by atoms with van der Waals surface area (Å²) in [6.45, 7) is 3.73. The molecule has 3 rings (SSSR count). The minimum absolute atomic E-state index is 0.128. The summed E-state index contributed by atoms with van der Waals surface area (Å²) >= 11 is 12.3. The minimum atomic E-state index is -0.714. The molecule has 0 spiro atoms. The molecule has 1 aliphatic rings. The Morgan fingerprint density at radius 3 is 2.48 bits per heavy atom. The first kappa shape index (κ1) is 21.6. The van der Waals surface area contributed by atoms with Gasteiger partial charge in [-0.25, -0.2) is 4.79 Å². The molecule has 0 bridgehead atoms. The van der Waals surface area contributed by atoms with Gasteiger partial charge in [-0.2, -0.15) is 0 Å². The van der Waals surface area contributed by atoms with Crippen molar-refractivity contribution in [3.8, 4) is 0 Å². The van der Waals surface area contributed by atoms with Gasteiger partial charge >= 0.3 is 5.97 Å². The summed E-state index contributed by atoms with van der Waals surface area (Å²) < 4.78 is 11.2. The zero-order valence-electron chi connectivity index (χ0n) is 16.3. The molecule has 1 amide bonds. The third-order valence-corrected chi connectivity index (χ3v) is 5.42. The van der Waals surface area contributed by atoms with E-state index in [1.165, 1.54) is 0 Å². The van der Waals surface area contributed by atoms with Crippen molar-refractivity contribution in [2.24, 2.45) is 0 Å². The van der Waals surface area contributed by atoms with Crippen LogP contribution in [0.25, 0.3) is 0 Å². The molecule has 0 radical (unpaired) electrons. The SMILES string of the molecule is CCOC(=O)[C@H](CC)N1C(=O)CO[C@H](c2cccc(Cl)c2)[C@H]1c1ccc(Cl)cc1. The molecule has 7 heteroatoms. The molecule has 2 aromatic carbocycles. The van der Waals surface area contributed by atoms with Crippen molar-refractivity contribution in [2.75, 3.05) is 13.2 Å². The fraction of sp³-hybridized carbons (Fsp3) is 0.364. The van der Waals surface area contributed by atoms with Gasteiger partial charge in [-0.15, -0.1) is 0 Å². The molecular formula is C22H23Cl2NO4. The zero-order chi connectivity index (χ0) is 21.0. The Hall–Kier alpha value is -2.08. The van der Waals surface area contributed by atoms with Crippen LogP contribution >= 0.6 is 23.2 Å². The second kappa shape index (κ2) is 9.61. The van der Waals surface area contributed by atoms with E-state index in [2.05, 4.69) is 0 Å². The summed E-state index contributed by atoms with van der Waals surface area (Å²) in [7, 11) is 0. The number of amides is 1. The molecule has 29 heavy (non-hydrogen) atoms. The summed E-state index contributed by atoms with van der Waals surface area (Å²) in [5, 5.41) is 1.15. The number of esters is 1. The lowest BCUT2D eigenvalue weighted by Crippen LogP contribution is -2.53. The summed E-state index contributed by atoms with van der Waals surface area (Å²) in [5.41, 5.74) is 1.64. The summed E-state index contributed by atoms with van der Waals surface area (Å²) in [6, 6.07) is 13.3. The molecule has 1 fully saturated rings. The van der Waals surface area contributed by atoms with Crippen LogP contribution in [0, 0.1) is 0 Å². The van der Waals surface area contributed by atoms with Crippen LogP contribution in [0.3, 0.4) is 0 Å². The maximum Gasteiger partial charge on any atom is 0.328 e. The van der Waals surface area contributed by atoms with E-state index < -0.39 is 24.2 Å². The molecule has 5 nitrogen and oxygen atoms in total. The highest BCUT2D eigenvalue weighted by molar-refractivity contribution is 6.30. The van der Waals surface area contributed by atoms with Crippen LogP contribution in [0.15, 0.2) is 48.5 Å². The summed E-state index contributed by atoms with van der Waals surface area (Å²) in [6.07, 6.45) is -0.0623. The van der Waals surface area contributed by atoms with E-state index in [0.29, 0.717) is 16.5 Å². The summed E-state index contributed by atoms with van der Waals surface area (Å²) in [5.74, 6) is -0.683. The molecule has 3 atom stereocenters. The predicted octanol–water partition coefficient (Wildman–Crippen LogP) is 4.98. The van der Waals surface area contributed by atoms with Crippen molar-refractivity contribution in [3.05, 3.63) is 69.7 Å². The number of hydrogen-bond acceptors (Lipinski definition) is 4. The second-order valence-corrected chi connectivity index (χ2v) is 7.63. The standard InChI is InChI=1S/C22H23Cl2NO4/c1-3-18(22(27)28-4-2)25-19(26)13-29-21(15-6-5-7-17(24)12-15)20(25)14-8-10-16(23)11-9-14/h5-12,18,20-21H,3-4,13H2,1-2H3/t18-,20+,21+/m0/s1. The van der Waals surface area contributed by atoms with Crippen molar-refractivity contribution < 1.29 is 19.1 Å². The molecule has 154 valence electrons. The number of halogens is 2. The quantitative estimate of drug-likeness (QED) is 0.600. The van der Waals surface area contributed by atoms with Crippen molar-refractivity contribution in [1.29, 1.82) is 0 Å². The first-order valence-corrected chi connectivity index (χ1v) is 10.3. The number of ether oxygens (including phenoxy) is 2. The van der Waals surface area contributed by atoms with Crippen molar-refractivity contribution in [3.63, 3.8) is 0 Å². The fourth-order valence-corrected chi connectivity index (χ4v) is 3.99. The molecule has 1 heterocycles. The number of hydrogen-bond donors (Lipinski definition) is 0. The van der Waals surface area contributed by atoms with E-state index in [4.69, 9.17) is 32.7 Å². The Kier molecular flexibility index (Phi) is 7.17. The van der Waals surface area contributed by atoms with Gasteiger partial charge in [0.25, 0.3) is 0 Å². The molecular weight excluding hydrogens is 413 g/mol. The molecule has 0 saturated carbocycles. The van der Waals surface area contributed by atoms with Crippen LogP contribution < -0.4 is 0 Å². The number of benzene rings is 2. The van der Waals surface area contributed by atoms with Gasteiger partial charge in [-0.05, 0) is 48.7 Å². The Morgan fingerprint density at radius 2 is 1.86 bits per heavy atom. The molecule has 1 saturated heterocycles. The highest BCUT2D eigenvalue weighted by atomic mass is 35.5. The largest absolute Gasteiger partial charge is 0.464 e. The lowest BCUT2D eigenvalue weighted by Gasteiger charge is -2.44. The molecule has 2 aromatic rings. The minimum Gasteiger partial charge on any atom is -0.464 e. The average molecular weight is 436 g/mol. The van der Waals surface area contributed by atoms with E-state index in [0.717, 1.165) is 11.1 Å². The number of carbonyl (C=O) groups excluding carboxylic acids is 2. The van der Waals surface area contributed by atoms with Crippen LogP contribution in [0.4, 0.5) is 0 Å². The maximum absolute atomic E-state index is 12.9. The van der Waals surface area contributed by atoms with E-state index in [1.54, 1.807) is 30.0 Å². The van der Waals surface area contributed by atoms with Gasteiger partial charge in [0.05, 0.1) is 12.6 Å². The van der Waals surface area contributed by atoms with Crippen LogP contribution in [-0.2, 0) is 19.1 Å². The Morgan fingerprint density at radius 1 is 1.14 bits per heavy atom. The third-order valence-electron chi connectivity index (χ3n) is 4.93. The van der Waals surface area contributed by atoms with Gasteiger partial charge in [-0.3, -0.25) is 4.79 Å². The van der Waals surface area contributed by atoms with Gasteiger partial charge in [0.2, 0.25) is 5.91 Å². The topological polar surface area (TPSA) is 55.8 Å². The predicted molar refractivity (Wildman–Crippen MR) is 112 cm³/mol. The summed E-state index contributed by atoms with van der Waals surface area (Å²) in [4.78, 5) is 27.2. The maximum atomic E-state index is 12.9. The van der Waals surface area contributed by atoms with Crippen molar-refractivity contribution in [2.45, 2.75) is 38.5 Å². The first-order valence-electron chi connectivity index (χ1n) is 9.56. The number of rotatable bonds is 6. The van der Waals surface area contributed by atoms with Crippen molar-refractivity contribution in [1.82, 2.24) is 4.90 Å². The Labute approximate surface area is 180 Å². The van der Waals surface area contributed by atoms with Gasteiger partial charge < -0.3 is 14.4 Å². The molecule has 0 unspecified atom stereocenters. The van der Waals surface area contributed by atoms with Crippen LogP contribution in [0.2, 0.25) is 10.0 Å².